The van der Waals surface area contributed by atoms with Gasteiger partial charge >= 0.3 is 0 Å². The standard InChI is InChI=1S/C28H28N4O3S/c1-21-12-10-11-17-27(21)32-22(2)18-24(23(32)3)19-29-30-28(33)20-31(25-13-6-4-7-14-25)36(34,35)26-15-8-5-9-16-26/h4-19H,20H2,1-3H3,(H,30,33)/b29-19-. The van der Waals surface area contributed by atoms with Gasteiger partial charge in [0.25, 0.3) is 15.9 Å². The van der Waals surface area contributed by atoms with Crippen molar-refractivity contribution in [2.75, 3.05) is 10.8 Å². The van der Waals surface area contributed by atoms with Crippen molar-refractivity contribution in [1.82, 2.24) is 9.99 Å². The third-order valence-corrected chi connectivity index (χ3v) is 7.67. The number of sulfonamides is 1. The van der Waals surface area contributed by atoms with Gasteiger partial charge in [-0.15, -0.1) is 0 Å². The summed E-state index contributed by atoms with van der Waals surface area (Å²) in [6, 6.07) is 26.7. The van der Waals surface area contributed by atoms with Gasteiger partial charge in [0.15, 0.2) is 0 Å². The molecule has 4 aromatic rings. The topological polar surface area (TPSA) is 83.8 Å². The van der Waals surface area contributed by atoms with E-state index in [0.29, 0.717) is 5.69 Å². The molecule has 0 saturated heterocycles. The van der Waals surface area contributed by atoms with E-state index >= 15 is 0 Å². The first-order valence-corrected chi connectivity index (χ1v) is 12.9. The molecule has 0 unspecified atom stereocenters. The maximum absolute atomic E-state index is 13.3. The first-order chi connectivity index (χ1) is 17.3. The molecule has 8 heteroatoms. The van der Waals surface area contributed by atoms with Crippen molar-refractivity contribution in [2.45, 2.75) is 25.7 Å². The minimum absolute atomic E-state index is 0.105. The van der Waals surface area contributed by atoms with Crippen LogP contribution in [0.4, 0.5) is 5.69 Å². The molecule has 0 bridgehead atoms. The Balaban J connectivity index is 1.54. The number of hydrogen-bond acceptors (Lipinski definition) is 4. The molecular formula is C28H28N4O3S. The van der Waals surface area contributed by atoms with Gasteiger partial charge in [-0.1, -0.05) is 54.6 Å². The van der Waals surface area contributed by atoms with Crippen molar-refractivity contribution in [2.24, 2.45) is 5.10 Å². The van der Waals surface area contributed by atoms with Crippen LogP contribution in [0.25, 0.3) is 5.69 Å². The molecule has 1 aromatic heterocycles. The molecule has 1 amide bonds. The summed E-state index contributed by atoms with van der Waals surface area (Å²) in [6.45, 7) is 5.65. The summed E-state index contributed by atoms with van der Waals surface area (Å²) in [4.78, 5) is 12.9. The van der Waals surface area contributed by atoms with Crippen LogP contribution < -0.4 is 9.73 Å². The highest BCUT2D eigenvalue weighted by Gasteiger charge is 2.26. The normalized spacial score (nSPS) is 11.5. The van der Waals surface area contributed by atoms with E-state index in [0.717, 1.165) is 32.5 Å². The highest BCUT2D eigenvalue weighted by molar-refractivity contribution is 7.92. The van der Waals surface area contributed by atoms with Gasteiger partial charge in [-0.2, -0.15) is 5.10 Å². The minimum atomic E-state index is -3.95. The number of carbonyl (C=O) groups excluding carboxylic acids is 1. The summed E-state index contributed by atoms with van der Waals surface area (Å²) in [5, 5.41) is 4.12. The van der Waals surface area contributed by atoms with E-state index in [-0.39, 0.29) is 4.90 Å². The monoisotopic (exact) mass is 500 g/mol. The molecule has 0 aliphatic rings. The van der Waals surface area contributed by atoms with Crippen molar-refractivity contribution >= 4 is 27.8 Å². The van der Waals surface area contributed by atoms with Crippen LogP contribution in [0.5, 0.6) is 0 Å². The number of para-hydroxylation sites is 2. The van der Waals surface area contributed by atoms with Crippen LogP contribution >= 0.6 is 0 Å². The number of nitrogens with one attached hydrogen (secondary N) is 1. The Hall–Kier alpha value is -4.17. The quantitative estimate of drug-likeness (QED) is 0.280. The second-order valence-corrected chi connectivity index (χ2v) is 10.3. The molecule has 184 valence electrons. The Kier molecular flexibility index (Phi) is 7.36. The number of aryl methyl sites for hydroxylation is 2. The van der Waals surface area contributed by atoms with Crippen molar-refractivity contribution < 1.29 is 13.2 Å². The minimum Gasteiger partial charge on any atom is -0.318 e. The number of hydrazone groups is 1. The van der Waals surface area contributed by atoms with E-state index in [9.17, 15) is 13.2 Å². The van der Waals surface area contributed by atoms with Gasteiger partial charge in [0.2, 0.25) is 0 Å². The summed E-state index contributed by atoms with van der Waals surface area (Å²) < 4.78 is 29.9. The molecule has 0 fully saturated rings. The Morgan fingerprint density at radius 3 is 2.19 bits per heavy atom. The molecule has 4 rings (SSSR count). The van der Waals surface area contributed by atoms with Gasteiger partial charge in [-0.25, -0.2) is 13.8 Å². The van der Waals surface area contributed by atoms with Crippen molar-refractivity contribution in [1.29, 1.82) is 0 Å². The number of aromatic nitrogens is 1. The fourth-order valence-electron chi connectivity index (χ4n) is 4.07. The molecule has 3 aromatic carbocycles. The van der Waals surface area contributed by atoms with E-state index in [1.807, 2.05) is 32.0 Å². The second kappa shape index (κ2) is 10.6. The smallest absolute Gasteiger partial charge is 0.264 e. The number of benzene rings is 3. The number of hydrogen-bond donors (Lipinski definition) is 1. The molecule has 1 N–H and O–H groups in total. The maximum Gasteiger partial charge on any atom is 0.264 e. The van der Waals surface area contributed by atoms with Gasteiger partial charge in [-0.3, -0.25) is 9.10 Å². The van der Waals surface area contributed by atoms with Crippen LogP contribution in [-0.4, -0.2) is 31.7 Å². The molecular weight excluding hydrogens is 472 g/mol. The molecule has 1 heterocycles. The van der Waals surface area contributed by atoms with E-state index in [2.05, 4.69) is 34.2 Å². The third kappa shape index (κ3) is 5.23. The lowest BCUT2D eigenvalue weighted by Crippen LogP contribution is -2.39. The Morgan fingerprint density at radius 2 is 1.53 bits per heavy atom. The molecule has 0 spiro atoms. The molecule has 0 aliphatic heterocycles. The predicted octanol–water partition coefficient (Wildman–Crippen LogP) is 4.75. The maximum atomic E-state index is 13.3. The summed E-state index contributed by atoms with van der Waals surface area (Å²) in [5.74, 6) is -0.553. The van der Waals surface area contributed by atoms with E-state index in [1.165, 1.54) is 12.1 Å². The van der Waals surface area contributed by atoms with Gasteiger partial charge in [0.05, 0.1) is 16.8 Å². The average Bonchev–Trinajstić information content (AvgIpc) is 3.16. The molecule has 0 atom stereocenters. The zero-order chi connectivity index (χ0) is 25.7. The van der Waals surface area contributed by atoms with Gasteiger partial charge in [0.1, 0.15) is 6.54 Å². The predicted molar refractivity (Wildman–Crippen MR) is 143 cm³/mol. The van der Waals surface area contributed by atoms with Crippen molar-refractivity contribution in [3.05, 3.63) is 114 Å². The number of rotatable bonds is 8. The Morgan fingerprint density at radius 1 is 0.917 bits per heavy atom. The van der Waals surface area contributed by atoms with E-state index in [4.69, 9.17) is 0 Å². The SMILES string of the molecule is Cc1ccccc1-n1c(C)cc(/C=N\NC(=O)CN(c2ccccc2)S(=O)(=O)c2ccccc2)c1C. The van der Waals surface area contributed by atoms with Gasteiger partial charge in [-0.05, 0) is 62.7 Å². The lowest BCUT2D eigenvalue weighted by Gasteiger charge is -2.23. The fourth-order valence-corrected chi connectivity index (χ4v) is 5.51. The summed E-state index contributed by atoms with van der Waals surface area (Å²) in [6.07, 6.45) is 1.58. The van der Waals surface area contributed by atoms with Crippen molar-refractivity contribution in [3.8, 4) is 5.69 Å². The number of amides is 1. The molecule has 36 heavy (non-hydrogen) atoms. The van der Waals surface area contributed by atoms with Gasteiger partial charge < -0.3 is 4.57 Å². The van der Waals surface area contributed by atoms with Crippen LogP contribution in [0.3, 0.4) is 0 Å². The molecule has 0 radical (unpaired) electrons. The fraction of sp³-hybridized carbons (Fsp3) is 0.143. The van der Waals surface area contributed by atoms with Crippen LogP contribution in [0.15, 0.2) is 101 Å². The third-order valence-electron chi connectivity index (χ3n) is 5.88. The van der Waals surface area contributed by atoms with E-state index in [1.54, 1.807) is 54.7 Å². The highest BCUT2D eigenvalue weighted by Crippen LogP contribution is 2.24. The lowest BCUT2D eigenvalue weighted by atomic mass is 10.2. The molecule has 7 nitrogen and oxygen atoms in total. The Labute approximate surface area is 211 Å². The first-order valence-electron chi connectivity index (χ1n) is 11.5. The number of carbonyl (C=O) groups is 1. The van der Waals surface area contributed by atoms with Crippen LogP contribution in [0.2, 0.25) is 0 Å². The zero-order valence-corrected chi connectivity index (χ0v) is 21.2. The average molecular weight is 501 g/mol. The summed E-state index contributed by atoms with van der Waals surface area (Å²) >= 11 is 0. The second-order valence-electron chi connectivity index (χ2n) is 8.40. The largest absolute Gasteiger partial charge is 0.318 e. The van der Waals surface area contributed by atoms with Crippen molar-refractivity contribution in [3.63, 3.8) is 0 Å². The lowest BCUT2D eigenvalue weighted by molar-refractivity contribution is -0.119. The molecule has 0 saturated carbocycles. The van der Waals surface area contributed by atoms with Crippen LogP contribution in [0, 0.1) is 20.8 Å². The summed E-state index contributed by atoms with van der Waals surface area (Å²) in [5.41, 5.74) is 7.98. The first kappa shape index (κ1) is 24.9. The zero-order valence-electron chi connectivity index (χ0n) is 20.4. The van der Waals surface area contributed by atoms with Crippen LogP contribution in [-0.2, 0) is 14.8 Å². The highest BCUT2D eigenvalue weighted by atomic mass is 32.2. The van der Waals surface area contributed by atoms with Crippen LogP contribution in [0.1, 0.15) is 22.5 Å². The number of nitrogens with zero attached hydrogens (tertiary/aromatic N) is 3. The Bertz CT molecular complexity index is 1490. The summed E-state index contributed by atoms with van der Waals surface area (Å²) in [7, 11) is -3.95. The van der Waals surface area contributed by atoms with Gasteiger partial charge in [0, 0.05) is 22.6 Å². The van der Waals surface area contributed by atoms with E-state index < -0.39 is 22.5 Å². The number of anilines is 1. The molecule has 0 aliphatic carbocycles.